The summed E-state index contributed by atoms with van der Waals surface area (Å²) in [5, 5.41) is 17.8. The van der Waals surface area contributed by atoms with Gasteiger partial charge in [0.15, 0.2) is 11.5 Å². The molecular formula is C26H31N3O5. The molecule has 2 N–H and O–H groups in total. The highest BCUT2D eigenvalue weighted by atomic mass is 16.5. The van der Waals surface area contributed by atoms with Crippen molar-refractivity contribution in [3.05, 3.63) is 59.3 Å². The molecule has 0 bridgehead atoms. The monoisotopic (exact) mass is 465 g/mol. The molecule has 2 aromatic carbocycles. The Labute approximate surface area is 199 Å². The molecule has 0 radical (unpaired) electrons. The van der Waals surface area contributed by atoms with Gasteiger partial charge in [-0.05, 0) is 42.2 Å². The average Bonchev–Trinajstić information content (AvgIpc) is 3.37. The van der Waals surface area contributed by atoms with Gasteiger partial charge in [0.25, 0.3) is 5.91 Å². The summed E-state index contributed by atoms with van der Waals surface area (Å²) in [7, 11) is 3.21. The van der Waals surface area contributed by atoms with E-state index >= 15 is 0 Å². The zero-order valence-electron chi connectivity index (χ0n) is 20.0. The fraction of sp³-hybridized carbons (Fsp3) is 0.385. The highest BCUT2D eigenvalue weighted by Gasteiger charge is 2.42. The second kappa shape index (κ2) is 10.2. The van der Waals surface area contributed by atoms with Crippen LogP contribution in [0.1, 0.15) is 47.9 Å². The normalized spacial score (nSPS) is 15.1. The first-order chi connectivity index (χ1) is 16.5. The van der Waals surface area contributed by atoms with Crippen molar-refractivity contribution in [3.63, 3.8) is 0 Å². The largest absolute Gasteiger partial charge is 0.507 e. The first kappa shape index (κ1) is 23.6. The molecule has 0 saturated carbocycles. The van der Waals surface area contributed by atoms with Gasteiger partial charge in [-0.2, -0.15) is 5.10 Å². The number of benzene rings is 2. The number of hydrogen-bond donors (Lipinski definition) is 2. The summed E-state index contributed by atoms with van der Waals surface area (Å²) in [6.45, 7) is 5.69. The van der Waals surface area contributed by atoms with E-state index in [4.69, 9.17) is 14.2 Å². The molecule has 1 aliphatic heterocycles. The van der Waals surface area contributed by atoms with E-state index < -0.39 is 6.04 Å². The number of aromatic nitrogens is 2. The molecule has 0 saturated heterocycles. The van der Waals surface area contributed by atoms with Crippen LogP contribution in [0.25, 0.3) is 11.3 Å². The Bertz CT molecular complexity index is 1160. The molecule has 1 atom stereocenters. The third-order valence-corrected chi connectivity index (χ3v) is 6.02. The van der Waals surface area contributed by atoms with E-state index in [1.54, 1.807) is 37.3 Å². The molecule has 1 amide bonds. The number of aromatic amines is 1. The summed E-state index contributed by atoms with van der Waals surface area (Å²) < 4.78 is 16.9. The van der Waals surface area contributed by atoms with Crippen LogP contribution < -0.4 is 9.47 Å². The molecule has 1 aromatic heterocycles. The second-order valence-electron chi connectivity index (χ2n) is 8.71. The molecule has 4 rings (SSSR count). The van der Waals surface area contributed by atoms with E-state index in [1.807, 2.05) is 24.3 Å². The first-order valence-corrected chi connectivity index (χ1v) is 11.4. The summed E-state index contributed by atoms with van der Waals surface area (Å²) in [4.78, 5) is 15.1. The van der Waals surface area contributed by atoms with Crippen molar-refractivity contribution in [1.82, 2.24) is 15.1 Å². The molecule has 180 valence electrons. The molecule has 34 heavy (non-hydrogen) atoms. The van der Waals surface area contributed by atoms with Crippen molar-refractivity contribution in [1.29, 1.82) is 0 Å². The Hall–Kier alpha value is -3.52. The van der Waals surface area contributed by atoms with Crippen molar-refractivity contribution in [3.8, 4) is 28.5 Å². The van der Waals surface area contributed by atoms with Crippen LogP contribution in [-0.4, -0.2) is 60.1 Å². The van der Waals surface area contributed by atoms with Gasteiger partial charge in [0.05, 0.1) is 26.4 Å². The van der Waals surface area contributed by atoms with Gasteiger partial charge in [-0.15, -0.1) is 0 Å². The van der Waals surface area contributed by atoms with Crippen LogP contribution in [0.5, 0.6) is 17.2 Å². The quantitative estimate of drug-likeness (QED) is 0.460. The summed E-state index contributed by atoms with van der Waals surface area (Å²) in [5.74, 6) is 1.73. The Morgan fingerprint density at radius 1 is 1.12 bits per heavy atom. The fourth-order valence-electron chi connectivity index (χ4n) is 4.22. The van der Waals surface area contributed by atoms with Gasteiger partial charge in [0.2, 0.25) is 0 Å². The van der Waals surface area contributed by atoms with Crippen molar-refractivity contribution in [2.24, 2.45) is 5.92 Å². The lowest BCUT2D eigenvalue weighted by atomic mass is 9.95. The van der Waals surface area contributed by atoms with Crippen LogP contribution in [-0.2, 0) is 4.74 Å². The summed E-state index contributed by atoms with van der Waals surface area (Å²) >= 11 is 0. The number of para-hydroxylation sites is 1. The molecule has 8 heteroatoms. The average molecular weight is 466 g/mol. The van der Waals surface area contributed by atoms with E-state index in [0.29, 0.717) is 54.1 Å². The van der Waals surface area contributed by atoms with Gasteiger partial charge in [-0.3, -0.25) is 9.89 Å². The van der Waals surface area contributed by atoms with Crippen LogP contribution in [0, 0.1) is 5.92 Å². The maximum Gasteiger partial charge on any atom is 0.273 e. The Morgan fingerprint density at radius 2 is 1.91 bits per heavy atom. The molecule has 0 aliphatic carbocycles. The SMILES string of the molecule is COCCN1C(=O)c2[nH]nc(-c3ccccc3O)c2[C@@H]1c1ccc(OCCC(C)C)c(OC)c1. The zero-order chi connectivity index (χ0) is 24.2. The lowest BCUT2D eigenvalue weighted by molar-refractivity contribution is 0.0677. The number of hydrogen-bond acceptors (Lipinski definition) is 6. The molecule has 8 nitrogen and oxygen atoms in total. The van der Waals surface area contributed by atoms with Crippen molar-refractivity contribution in [2.75, 3.05) is 34.0 Å². The Morgan fingerprint density at radius 3 is 2.62 bits per heavy atom. The maximum absolute atomic E-state index is 13.3. The number of amides is 1. The zero-order valence-corrected chi connectivity index (χ0v) is 20.0. The first-order valence-electron chi connectivity index (χ1n) is 11.4. The molecule has 2 heterocycles. The molecule has 3 aromatic rings. The van der Waals surface area contributed by atoms with Crippen molar-refractivity contribution in [2.45, 2.75) is 26.3 Å². The third-order valence-electron chi connectivity index (χ3n) is 6.02. The lowest BCUT2D eigenvalue weighted by Gasteiger charge is -2.26. The lowest BCUT2D eigenvalue weighted by Crippen LogP contribution is -2.32. The van der Waals surface area contributed by atoms with Gasteiger partial charge in [0.1, 0.15) is 17.1 Å². The predicted molar refractivity (Wildman–Crippen MR) is 128 cm³/mol. The predicted octanol–water partition coefficient (Wildman–Crippen LogP) is 4.41. The van der Waals surface area contributed by atoms with Crippen molar-refractivity contribution >= 4 is 5.91 Å². The molecule has 0 fully saturated rings. The number of nitrogens with one attached hydrogen (secondary N) is 1. The minimum absolute atomic E-state index is 0.102. The molecule has 1 aliphatic rings. The number of ether oxygens (including phenoxy) is 3. The van der Waals surface area contributed by atoms with Crippen LogP contribution in [0.2, 0.25) is 0 Å². The third kappa shape index (κ3) is 4.46. The fourth-order valence-corrected chi connectivity index (χ4v) is 4.22. The van der Waals surface area contributed by atoms with Gasteiger partial charge in [-0.1, -0.05) is 32.0 Å². The topological polar surface area (TPSA) is 96.9 Å². The van der Waals surface area contributed by atoms with E-state index in [2.05, 4.69) is 24.0 Å². The molecular weight excluding hydrogens is 434 g/mol. The number of carbonyl (C=O) groups is 1. The van der Waals surface area contributed by atoms with E-state index in [-0.39, 0.29) is 11.7 Å². The van der Waals surface area contributed by atoms with E-state index in [9.17, 15) is 9.90 Å². The van der Waals surface area contributed by atoms with Crippen LogP contribution in [0.3, 0.4) is 0 Å². The number of methoxy groups -OCH3 is 2. The minimum Gasteiger partial charge on any atom is -0.507 e. The van der Waals surface area contributed by atoms with Gasteiger partial charge >= 0.3 is 0 Å². The van der Waals surface area contributed by atoms with Gasteiger partial charge < -0.3 is 24.2 Å². The molecule has 0 spiro atoms. The number of nitrogens with zero attached hydrogens (tertiary/aromatic N) is 2. The maximum atomic E-state index is 13.3. The highest BCUT2D eigenvalue weighted by Crippen LogP contribution is 2.45. The highest BCUT2D eigenvalue weighted by molar-refractivity contribution is 6.00. The number of rotatable bonds is 10. The smallest absolute Gasteiger partial charge is 0.273 e. The summed E-state index contributed by atoms with van der Waals surface area (Å²) in [5.41, 5.74) is 3.10. The number of phenolic OH excluding ortho intramolecular Hbond substituents is 1. The van der Waals surface area contributed by atoms with Crippen LogP contribution in [0.4, 0.5) is 0 Å². The second-order valence-corrected chi connectivity index (χ2v) is 8.71. The number of H-pyrrole nitrogens is 1. The summed E-state index contributed by atoms with van der Waals surface area (Å²) in [6.07, 6.45) is 0.940. The van der Waals surface area contributed by atoms with Crippen LogP contribution in [0.15, 0.2) is 42.5 Å². The van der Waals surface area contributed by atoms with Crippen molar-refractivity contribution < 1.29 is 24.1 Å². The number of fused-ring (bicyclic) bond motifs is 1. The van der Waals surface area contributed by atoms with Crippen LogP contribution >= 0.6 is 0 Å². The number of phenols is 1. The molecule has 0 unspecified atom stereocenters. The van der Waals surface area contributed by atoms with Gasteiger partial charge in [-0.25, -0.2) is 0 Å². The van der Waals surface area contributed by atoms with Gasteiger partial charge in [0, 0.05) is 24.8 Å². The van der Waals surface area contributed by atoms with E-state index in [0.717, 1.165) is 17.5 Å². The number of carbonyl (C=O) groups excluding carboxylic acids is 1. The Kier molecular flexibility index (Phi) is 7.07. The van der Waals surface area contributed by atoms with E-state index in [1.165, 1.54) is 0 Å². The minimum atomic E-state index is -0.426. The summed E-state index contributed by atoms with van der Waals surface area (Å²) in [6, 6.07) is 12.3. The Balaban J connectivity index is 1.77. The number of aromatic hydroxyl groups is 1. The standard InChI is InChI=1S/C26H31N3O5/c1-16(2)11-13-34-20-10-9-17(15-21(20)33-4)25-22-23(18-7-5-6-8-19(18)30)27-28-24(22)26(31)29(25)12-14-32-3/h5-10,15-16,25,30H,11-14H2,1-4H3,(H,27,28)/t25-/m0/s1.